The minimum absolute atomic E-state index is 0.162. The monoisotopic (exact) mass is 264 g/mol. The van der Waals surface area contributed by atoms with Gasteiger partial charge in [-0.15, -0.1) is 0 Å². The Balaban J connectivity index is 2.06. The first-order valence-electron chi connectivity index (χ1n) is 6.04. The van der Waals surface area contributed by atoms with Gasteiger partial charge in [-0.1, -0.05) is 18.7 Å². The van der Waals surface area contributed by atoms with Gasteiger partial charge in [-0.25, -0.2) is 4.98 Å². The second kappa shape index (κ2) is 5.55. The largest absolute Gasteiger partial charge is 0.301 e. The molecule has 0 spiro atoms. The second-order valence-corrected chi connectivity index (χ2v) is 5.38. The summed E-state index contributed by atoms with van der Waals surface area (Å²) in [7, 11) is 0. The molecule has 2 N–H and O–H groups in total. The minimum Gasteiger partial charge on any atom is -0.301 e. The van der Waals surface area contributed by atoms with Gasteiger partial charge in [0.2, 0.25) is 0 Å². The lowest BCUT2D eigenvalue weighted by Gasteiger charge is -2.26. The molecule has 2 rings (SSSR count). The number of thioether (sulfide) groups is 1. The van der Waals surface area contributed by atoms with Crippen LogP contribution in [0.3, 0.4) is 0 Å². The number of rotatable bonds is 6. The Labute approximate surface area is 110 Å². The fourth-order valence-electron chi connectivity index (χ4n) is 1.98. The zero-order valence-corrected chi connectivity index (χ0v) is 11.1. The summed E-state index contributed by atoms with van der Waals surface area (Å²) in [5.41, 5.74) is -0.654. The predicted octanol–water partition coefficient (Wildman–Crippen LogP) is 1.14. The fraction of sp³-hybridized carbons (Fsp3) is 0.583. The zero-order valence-electron chi connectivity index (χ0n) is 10.3. The van der Waals surface area contributed by atoms with Gasteiger partial charge in [0, 0.05) is 18.0 Å². The number of hydrogen-bond acceptors (Lipinski definition) is 5. The fourth-order valence-corrected chi connectivity index (χ4v) is 3.05. The maximum Gasteiger partial charge on any atom is 0.251 e. The molecule has 0 aliphatic heterocycles. The Morgan fingerprint density at radius 1 is 1.72 bits per heavy atom. The molecule has 0 radical (unpaired) electrons. The highest BCUT2D eigenvalue weighted by Gasteiger charge is 2.45. The quantitative estimate of drug-likeness (QED) is 0.595. The number of nitriles is 1. The highest BCUT2D eigenvalue weighted by Crippen LogP contribution is 2.41. The molecule has 96 valence electrons. The van der Waals surface area contributed by atoms with Gasteiger partial charge in [0.1, 0.15) is 5.54 Å². The Bertz CT molecular complexity index is 505. The van der Waals surface area contributed by atoms with Gasteiger partial charge < -0.3 is 4.98 Å². The molecule has 0 aromatic carbocycles. The molecule has 0 bridgehead atoms. The van der Waals surface area contributed by atoms with Crippen molar-refractivity contribution in [1.29, 1.82) is 5.26 Å². The normalized spacial score (nSPS) is 18.0. The summed E-state index contributed by atoms with van der Waals surface area (Å²) >= 11 is 1.42. The molecule has 5 nitrogen and oxygen atoms in total. The topological polar surface area (TPSA) is 81.6 Å². The summed E-state index contributed by atoms with van der Waals surface area (Å²) in [5, 5.41) is 13.3. The Morgan fingerprint density at radius 2 is 2.50 bits per heavy atom. The van der Waals surface area contributed by atoms with Crippen LogP contribution in [-0.2, 0) is 0 Å². The van der Waals surface area contributed by atoms with Gasteiger partial charge in [-0.05, 0) is 25.3 Å². The first-order valence-corrected chi connectivity index (χ1v) is 7.03. The smallest absolute Gasteiger partial charge is 0.251 e. The molecule has 0 amide bonds. The third-order valence-corrected chi connectivity index (χ3v) is 4.13. The van der Waals surface area contributed by atoms with Gasteiger partial charge in [0.05, 0.1) is 6.07 Å². The summed E-state index contributed by atoms with van der Waals surface area (Å²) in [6, 6.07) is 3.79. The highest BCUT2D eigenvalue weighted by atomic mass is 32.2. The summed E-state index contributed by atoms with van der Waals surface area (Å²) < 4.78 is 0. The maximum atomic E-state index is 11.2. The van der Waals surface area contributed by atoms with Crippen LogP contribution in [0.1, 0.15) is 19.8 Å². The average molecular weight is 264 g/mol. The van der Waals surface area contributed by atoms with Crippen molar-refractivity contribution in [2.45, 2.75) is 30.5 Å². The van der Waals surface area contributed by atoms with Gasteiger partial charge in [-0.2, -0.15) is 5.26 Å². The van der Waals surface area contributed by atoms with Crippen molar-refractivity contribution in [2.24, 2.45) is 5.92 Å². The third kappa shape index (κ3) is 2.92. The van der Waals surface area contributed by atoms with E-state index in [0.717, 1.165) is 19.4 Å². The SMILES string of the molecule is CCNC(C#N)(CSc1nccc(=O)[nH]1)C1CC1. The van der Waals surface area contributed by atoms with Crippen LogP contribution in [0.15, 0.2) is 22.2 Å². The lowest BCUT2D eigenvalue weighted by molar-refractivity contribution is 0.415. The molecule has 1 saturated carbocycles. The van der Waals surface area contributed by atoms with Crippen LogP contribution in [0.2, 0.25) is 0 Å². The molecule has 0 saturated heterocycles. The number of nitrogens with zero attached hydrogens (tertiary/aromatic N) is 2. The van der Waals surface area contributed by atoms with Crippen LogP contribution in [-0.4, -0.2) is 27.8 Å². The van der Waals surface area contributed by atoms with Crippen molar-refractivity contribution < 1.29 is 0 Å². The van der Waals surface area contributed by atoms with Gasteiger partial charge in [0.15, 0.2) is 5.16 Å². The number of aromatic amines is 1. The van der Waals surface area contributed by atoms with E-state index in [2.05, 4.69) is 21.4 Å². The summed E-state index contributed by atoms with van der Waals surface area (Å²) in [4.78, 5) is 17.9. The van der Waals surface area contributed by atoms with E-state index in [1.54, 1.807) is 0 Å². The molecule has 6 heteroatoms. The van der Waals surface area contributed by atoms with E-state index in [4.69, 9.17) is 0 Å². The lowest BCUT2D eigenvalue weighted by atomic mass is 9.98. The average Bonchev–Trinajstić information content (AvgIpc) is 3.19. The first-order chi connectivity index (χ1) is 8.70. The summed E-state index contributed by atoms with van der Waals surface area (Å²) in [5.74, 6) is 1.03. The van der Waals surface area contributed by atoms with E-state index in [-0.39, 0.29) is 5.56 Å². The van der Waals surface area contributed by atoms with Crippen molar-refractivity contribution in [3.8, 4) is 6.07 Å². The predicted molar refractivity (Wildman–Crippen MR) is 70.3 cm³/mol. The molecule has 1 fully saturated rings. The maximum absolute atomic E-state index is 11.2. The number of H-pyrrole nitrogens is 1. The van der Waals surface area contributed by atoms with E-state index < -0.39 is 5.54 Å². The van der Waals surface area contributed by atoms with Crippen LogP contribution in [0.5, 0.6) is 0 Å². The number of hydrogen-bond donors (Lipinski definition) is 2. The van der Waals surface area contributed by atoms with E-state index in [1.165, 1.54) is 24.0 Å². The molecular weight excluding hydrogens is 248 g/mol. The second-order valence-electron chi connectivity index (χ2n) is 4.42. The zero-order chi connectivity index (χ0) is 13.0. The third-order valence-electron chi connectivity index (χ3n) is 3.05. The molecule has 1 unspecified atom stereocenters. The van der Waals surface area contributed by atoms with Crippen molar-refractivity contribution >= 4 is 11.8 Å². The van der Waals surface area contributed by atoms with E-state index >= 15 is 0 Å². The Hall–Kier alpha value is -1.32. The molecule has 1 aliphatic carbocycles. The van der Waals surface area contributed by atoms with Crippen LogP contribution in [0.25, 0.3) is 0 Å². The van der Waals surface area contributed by atoms with Crippen molar-refractivity contribution in [3.05, 3.63) is 22.6 Å². The Morgan fingerprint density at radius 3 is 3.06 bits per heavy atom. The number of aromatic nitrogens is 2. The van der Waals surface area contributed by atoms with E-state index in [0.29, 0.717) is 16.8 Å². The van der Waals surface area contributed by atoms with Gasteiger partial charge in [-0.3, -0.25) is 10.1 Å². The van der Waals surface area contributed by atoms with Crippen LogP contribution >= 0.6 is 11.8 Å². The van der Waals surface area contributed by atoms with Gasteiger partial charge in [0.25, 0.3) is 5.56 Å². The van der Waals surface area contributed by atoms with Crippen molar-refractivity contribution in [1.82, 2.24) is 15.3 Å². The molecule has 18 heavy (non-hydrogen) atoms. The van der Waals surface area contributed by atoms with Crippen LogP contribution < -0.4 is 10.9 Å². The molecule has 1 heterocycles. The highest BCUT2D eigenvalue weighted by molar-refractivity contribution is 7.99. The molecule has 1 atom stereocenters. The first kappa shape index (κ1) is 13.1. The van der Waals surface area contributed by atoms with Crippen molar-refractivity contribution in [3.63, 3.8) is 0 Å². The molecule has 1 aromatic heterocycles. The number of nitrogens with one attached hydrogen (secondary N) is 2. The minimum atomic E-state index is -0.492. The summed E-state index contributed by atoms with van der Waals surface area (Å²) in [6.45, 7) is 2.77. The molecular formula is C12H16N4OS. The van der Waals surface area contributed by atoms with Crippen LogP contribution in [0, 0.1) is 17.2 Å². The van der Waals surface area contributed by atoms with Crippen LogP contribution in [0.4, 0.5) is 0 Å². The summed E-state index contributed by atoms with van der Waals surface area (Å²) in [6.07, 6.45) is 3.68. The Kier molecular flexibility index (Phi) is 4.04. The van der Waals surface area contributed by atoms with E-state index in [9.17, 15) is 10.1 Å². The van der Waals surface area contributed by atoms with Crippen molar-refractivity contribution in [2.75, 3.05) is 12.3 Å². The molecule has 1 aromatic rings. The molecule has 1 aliphatic rings. The van der Waals surface area contributed by atoms with E-state index in [1.807, 2.05) is 6.92 Å². The standard InChI is InChI=1S/C12H16N4OS/c1-2-15-12(7-13,9-3-4-9)8-18-11-14-6-5-10(17)16-11/h5-6,9,15H,2-4,8H2,1H3,(H,14,16,17). The lowest BCUT2D eigenvalue weighted by Crippen LogP contribution is -2.48. The van der Waals surface area contributed by atoms with Gasteiger partial charge >= 0.3 is 0 Å².